The lowest BCUT2D eigenvalue weighted by Crippen LogP contribution is -2.30. The van der Waals surface area contributed by atoms with Crippen LogP contribution in [0.25, 0.3) is 0 Å². The Morgan fingerprint density at radius 1 is 1.23 bits per heavy atom. The van der Waals surface area contributed by atoms with Crippen molar-refractivity contribution in [2.45, 2.75) is 25.9 Å². The fourth-order valence-corrected chi connectivity index (χ4v) is 2.83. The van der Waals surface area contributed by atoms with Gasteiger partial charge in [0.05, 0.1) is 11.8 Å². The lowest BCUT2D eigenvalue weighted by Gasteiger charge is -2.30. The predicted octanol–water partition coefficient (Wildman–Crippen LogP) is 2.77. The molecule has 1 saturated heterocycles. The van der Waals surface area contributed by atoms with E-state index in [4.69, 9.17) is 4.74 Å². The third kappa shape index (κ3) is 3.30. The van der Waals surface area contributed by atoms with Crippen LogP contribution >= 0.6 is 0 Å². The van der Waals surface area contributed by atoms with E-state index in [9.17, 15) is 4.79 Å². The molecule has 0 radical (unpaired) electrons. The molecule has 1 aliphatic rings. The highest BCUT2D eigenvalue weighted by Gasteiger charge is 2.16. The van der Waals surface area contributed by atoms with E-state index in [1.807, 2.05) is 18.2 Å². The van der Waals surface area contributed by atoms with E-state index in [0.717, 1.165) is 18.7 Å². The average molecular weight is 299 g/mol. The number of para-hydroxylation sites is 1. The van der Waals surface area contributed by atoms with Crippen molar-refractivity contribution in [1.82, 2.24) is 9.78 Å². The van der Waals surface area contributed by atoms with Gasteiger partial charge in [0.1, 0.15) is 6.61 Å². The summed E-state index contributed by atoms with van der Waals surface area (Å²) in [6, 6.07) is 8.16. The topological polar surface area (TPSA) is 47.4 Å². The molecule has 5 nitrogen and oxygen atoms in total. The Labute approximate surface area is 130 Å². The molecule has 1 aliphatic heterocycles. The summed E-state index contributed by atoms with van der Waals surface area (Å²) in [5.74, 6) is -0.332. The average Bonchev–Trinajstić information content (AvgIpc) is 3.00. The molecule has 116 valence electrons. The first-order chi connectivity index (χ1) is 10.7. The number of benzene rings is 1. The van der Waals surface area contributed by atoms with Gasteiger partial charge in [-0.2, -0.15) is 5.10 Å². The third-order valence-corrected chi connectivity index (χ3v) is 3.99. The summed E-state index contributed by atoms with van der Waals surface area (Å²) in [4.78, 5) is 14.4. The molecular weight excluding hydrogens is 278 g/mol. The summed E-state index contributed by atoms with van der Waals surface area (Å²) in [7, 11) is 1.78. The zero-order valence-corrected chi connectivity index (χ0v) is 12.9. The summed E-state index contributed by atoms with van der Waals surface area (Å²) in [6.45, 7) is 2.45. The van der Waals surface area contributed by atoms with Gasteiger partial charge in [0.2, 0.25) is 0 Å². The molecule has 3 rings (SSSR count). The van der Waals surface area contributed by atoms with Crippen LogP contribution in [0.3, 0.4) is 0 Å². The van der Waals surface area contributed by atoms with Crippen LogP contribution in [-0.2, 0) is 18.4 Å². The number of ether oxygens (including phenoxy) is 1. The van der Waals surface area contributed by atoms with Gasteiger partial charge < -0.3 is 9.64 Å². The number of aryl methyl sites for hydroxylation is 1. The molecule has 0 aliphatic carbocycles. The Morgan fingerprint density at radius 3 is 2.73 bits per heavy atom. The van der Waals surface area contributed by atoms with Gasteiger partial charge in [-0.1, -0.05) is 18.2 Å². The Hall–Kier alpha value is -2.30. The number of carbonyl (C=O) groups excluding carboxylic acids is 1. The second-order valence-corrected chi connectivity index (χ2v) is 5.66. The normalized spacial score (nSPS) is 14.9. The van der Waals surface area contributed by atoms with Gasteiger partial charge in [-0.25, -0.2) is 4.79 Å². The van der Waals surface area contributed by atoms with Crippen molar-refractivity contribution in [3.63, 3.8) is 0 Å². The van der Waals surface area contributed by atoms with Crippen molar-refractivity contribution < 1.29 is 9.53 Å². The SMILES string of the molecule is Cn1cc(C(=O)OCc2ccccc2N2CCCCC2)cn1. The molecule has 0 spiro atoms. The van der Waals surface area contributed by atoms with Crippen LogP contribution in [0.15, 0.2) is 36.7 Å². The van der Waals surface area contributed by atoms with Crippen LogP contribution in [0.4, 0.5) is 5.69 Å². The number of hydrogen-bond acceptors (Lipinski definition) is 4. The van der Waals surface area contributed by atoms with E-state index in [-0.39, 0.29) is 5.97 Å². The van der Waals surface area contributed by atoms with Crippen LogP contribution in [0.2, 0.25) is 0 Å². The number of anilines is 1. The lowest BCUT2D eigenvalue weighted by atomic mass is 10.1. The van der Waals surface area contributed by atoms with Gasteiger partial charge >= 0.3 is 5.97 Å². The molecule has 0 saturated carbocycles. The first-order valence-electron chi connectivity index (χ1n) is 7.72. The van der Waals surface area contributed by atoms with Crippen molar-refractivity contribution in [3.05, 3.63) is 47.8 Å². The van der Waals surface area contributed by atoms with Crippen molar-refractivity contribution >= 4 is 11.7 Å². The highest BCUT2D eigenvalue weighted by molar-refractivity contribution is 5.88. The molecule has 0 amide bonds. The zero-order chi connectivity index (χ0) is 15.4. The minimum atomic E-state index is -0.332. The van der Waals surface area contributed by atoms with Crippen LogP contribution in [-0.4, -0.2) is 28.8 Å². The summed E-state index contributed by atoms with van der Waals surface area (Å²) >= 11 is 0. The maximum Gasteiger partial charge on any atom is 0.341 e. The monoisotopic (exact) mass is 299 g/mol. The standard InChI is InChI=1S/C17H21N3O2/c1-19-12-15(11-18-19)17(21)22-13-14-7-3-4-8-16(14)20-9-5-2-6-10-20/h3-4,7-8,11-12H,2,5-6,9-10,13H2,1H3. The van der Waals surface area contributed by atoms with Crippen molar-refractivity contribution in [1.29, 1.82) is 0 Å². The molecule has 5 heteroatoms. The molecular formula is C17H21N3O2. The van der Waals surface area contributed by atoms with Gasteiger partial charge in [-0.3, -0.25) is 4.68 Å². The van der Waals surface area contributed by atoms with Crippen molar-refractivity contribution in [2.24, 2.45) is 7.05 Å². The molecule has 1 fully saturated rings. The second-order valence-electron chi connectivity index (χ2n) is 5.66. The fraction of sp³-hybridized carbons (Fsp3) is 0.412. The van der Waals surface area contributed by atoms with Crippen LogP contribution in [0.1, 0.15) is 35.2 Å². The zero-order valence-electron chi connectivity index (χ0n) is 12.9. The molecule has 1 aromatic heterocycles. The van der Waals surface area contributed by atoms with E-state index in [2.05, 4.69) is 16.1 Å². The number of esters is 1. The highest BCUT2D eigenvalue weighted by Crippen LogP contribution is 2.24. The molecule has 2 aromatic rings. The Kier molecular flexibility index (Phi) is 4.42. The van der Waals surface area contributed by atoms with E-state index in [1.54, 1.807) is 17.9 Å². The third-order valence-electron chi connectivity index (χ3n) is 3.99. The Balaban J connectivity index is 1.68. The predicted molar refractivity (Wildman–Crippen MR) is 84.8 cm³/mol. The van der Waals surface area contributed by atoms with Crippen molar-refractivity contribution in [3.8, 4) is 0 Å². The number of piperidine rings is 1. The van der Waals surface area contributed by atoms with Gasteiger partial charge in [0.15, 0.2) is 0 Å². The van der Waals surface area contributed by atoms with Crippen LogP contribution in [0.5, 0.6) is 0 Å². The fourth-order valence-electron chi connectivity index (χ4n) is 2.83. The van der Waals surface area contributed by atoms with E-state index < -0.39 is 0 Å². The molecule has 0 bridgehead atoms. The van der Waals surface area contributed by atoms with E-state index >= 15 is 0 Å². The number of aromatic nitrogens is 2. The summed E-state index contributed by atoms with van der Waals surface area (Å²) in [6.07, 6.45) is 6.94. The van der Waals surface area contributed by atoms with Gasteiger partial charge in [0, 0.05) is 37.6 Å². The molecule has 1 aromatic carbocycles. The Morgan fingerprint density at radius 2 is 2.00 bits per heavy atom. The van der Waals surface area contributed by atoms with Gasteiger partial charge in [0.25, 0.3) is 0 Å². The second kappa shape index (κ2) is 6.64. The smallest absolute Gasteiger partial charge is 0.341 e. The quantitative estimate of drug-likeness (QED) is 0.815. The molecule has 0 unspecified atom stereocenters. The summed E-state index contributed by atoms with van der Waals surface area (Å²) < 4.78 is 7.04. The van der Waals surface area contributed by atoms with Crippen LogP contribution < -0.4 is 4.90 Å². The van der Waals surface area contributed by atoms with Crippen LogP contribution in [0, 0.1) is 0 Å². The van der Waals surface area contributed by atoms with Gasteiger partial charge in [-0.05, 0) is 25.3 Å². The number of carbonyl (C=O) groups is 1. The minimum absolute atomic E-state index is 0.292. The van der Waals surface area contributed by atoms with Gasteiger partial charge in [-0.15, -0.1) is 0 Å². The maximum absolute atomic E-state index is 12.0. The number of nitrogens with zero attached hydrogens (tertiary/aromatic N) is 3. The number of rotatable bonds is 4. The van der Waals surface area contributed by atoms with E-state index in [1.165, 1.54) is 31.1 Å². The molecule has 2 heterocycles. The van der Waals surface area contributed by atoms with Crippen molar-refractivity contribution in [2.75, 3.05) is 18.0 Å². The minimum Gasteiger partial charge on any atom is -0.457 e. The maximum atomic E-state index is 12.0. The largest absolute Gasteiger partial charge is 0.457 e. The molecule has 0 atom stereocenters. The first-order valence-corrected chi connectivity index (χ1v) is 7.72. The van der Waals surface area contributed by atoms with E-state index in [0.29, 0.717) is 12.2 Å². The Bertz CT molecular complexity index is 645. The highest BCUT2D eigenvalue weighted by atomic mass is 16.5. The summed E-state index contributed by atoms with van der Waals surface area (Å²) in [5.41, 5.74) is 2.72. The molecule has 0 N–H and O–H groups in total. The number of hydrogen-bond donors (Lipinski definition) is 0. The summed E-state index contributed by atoms with van der Waals surface area (Å²) in [5, 5.41) is 3.99. The first kappa shape index (κ1) is 14.6. The lowest BCUT2D eigenvalue weighted by molar-refractivity contribution is 0.0473. The molecule has 22 heavy (non-hydrogen) atoms.